The maximum Gasteiger partial charge on any atom is 0.321 e. The monoisotopic (exact) mass is 317 g/mol. The molecule has 0 heterocycles. The Hall–Kier alpha value is -1.43. The highest BCUT2D eigenvalue weighted by atomic mass is 79.9. The minimum absolute atomic E-state index is 0.317. The van der Waals surface area contributed by atoms with Crippen molar-refractivity contribution in [3.63, 3.8) is 0 Å². The smallest absolute Gasteiger partial charge is 0.321 e. The maximum absolute atomic E-state index is 11.2. The van der Waals surface area contributed by atoms with E-state index in [0.29, 0.717) is 18.0 Å². The lowest BCUT2D eigenvalue weighted by Crippen LogP contribution is -2.24. The highest BCUT2D eigenvalue weighted by molar-refractivity contribution is 9.10. The van der Waals surface area contributed by atoms with Crippen LogP contribution in [0, 0.1) is 0 Å². The molecule has 6 heteroatoms. The van der Waals surface area contributed by atoms with E-state index in [1.165, 1.54) is 7.11 Å². The molecule has 0 aliphatic rings. The van der Waals surface area contributed by atoms with Gasteiger partial charge in [0.1, 0.15) is 4.83 Å². The molecule has 0 bridgehead atoms. The number of nitrogens with one attached hydrogen (secondary N) is 1. The van der Waals surface area contributed by atoms with Crippen LogP contribution in [0.25, 0.3) is 0 Å². The summed E-state index contributed by atoms with van der Waals surface area (Å²) in [6, 6.07) is 5.44. The number of hydrogen-bond acceptors (Lipinski definition) is 5. The molecular formula is C12H16BrNO4. The summed E-state index contributed by atoms with van der Waals surface area (Å²) in [5.74, 6) is 0.973. The Morgan fingerprint density at radius 2 is 1.94 bits per heavy atom. The first-order chi connectivity index (χ1) is 8.62. The fraction of sp³-hybridized carbons (Fsp3) is 0.417. The lowest BCUT2D eigenvalue weighted by molar-refractivity contribution is -0.139. The van der Waals surface area contributed by atoms with Crippen molar-refractivity contribution in [2.24, 2.45) is 0 Å². The minimum atomic E-state index is -0.393. The number of methoxy groups -OCH3 is 3. The van der Waals surface area contributed by atoms with Crippen LogP contribution in [0.4, 0.5) is 5.69 Å². The Morgan fingerprint density at radius 1 is 1.28 bits per heavy atom. The first-order valence-corrected chi connectivity index (χ1v) is 6.21. The van der Waals surface area contributed by atoms with Gasteiger partial charge in [-0.3, -0.25) is 4.79 Å². The van der Waals surface area contributed by atoms with E-state index in [-0.39, 0.29) is 5.97 Å². The first kappa shape index (κ1) is 14.6. The van der Waals surface area contributed by atoms with Crippen molar-refractivity contribution in [3.8, 4) is 11.5 Å². The van der Waals surface area contributed by atoms with Gasteiger partial charge in [0.2, 0.25) is 0 Å². The van der Waals surface area contributed by atoms with Gasteiger partial charge in [-0.05, 0) is 12.1 Å². The molecule has 100 valence electrons. The predicted molar refractivity (Wildman–Crippen MR) is 72.8 cm³/mol. The van der Waals surface area contributed by atoms with Crippen molar-refractivity contribution in [2.45, 2.75) is 4.83 Å². The Labute approximate surface area is 115 Å². The van der Waals surface area contributed by atoms with E-state index < -0.39 is 4.83 Å². The molecule has 0 saturated carbocycles. The second kappa shape index (κ2) is 7.10. The van der Waals surface area contributed by atoms with Gasteiger partial charge in [-0.15, -0.1) is 0 Å². The van der Waals surface area contributed by atoms with E-state index in [0.717, 1.165) is 5.69 Å². The minimum Gasteiger partial charge on any atom is -0.493 e. The first-order valence-electron chi connectivity index (χ1n) is 5.30. The van der Waals surface area contributed by atoms with Crippen LogP contribution in [0.5, 0.6) is 11.5 Å². The molecule has 1 atom stereocenters. The van der Waals surface area contributed by atoms with Gasteiger partial charge in [0.05, 0.1) is 21.3 Å². The molecule has 1 aromatic carbocycles. The lowest BCUT2D eigenvalue weighted by atomic mass is 10.2. The van der Waals surface area contributed by atoms with Crippen LogP contribution >= 0.6 is 15.9 Å². The summed E-state index contributed by atoms with van der Waals surface area (Å²) in [5.41, 5.74) is 0.834. The van der Waals surface area contributed by atoms with E-state index in [4.69, 9.17) is 9.47 Å². The molecule has 0 aromatic heterocycles. The van der Waals surface area contributed by atoms with Crippen molar-refractivity contribution in [2.75, 3.05) is 33.2 Å². The van der Waals surface area contributed by atoms with Crippen molar-refractivity contribution < 1.29 is 19.0 Å². The van der Waals surface area contributed by atoms with Crippen molar-refractivity contribution in [1.82, 2.24) is 0 Å². The Morgan fingerprint density at radius 3 is 2.50 bits per heavy atom. The average molecular weight is 318 g/mol. The second-order valence-electron chi connectivity index (χ2n) is 3.44. The van der Waals surface area contributed by atoms with Crippen LogP contribution in [-0.2, 0) is 9.53 Å². The standard InChI is InChI=1S/C12H16BrNO4/c1-16-10-5-4-8(6-11(10)17-2)14-7-9(13)12(15)18-3/h4-6,9,14H,7H2,1-3H3. The highest BCUT2D eigenvalue weighted by Gasteiger charge is 2.14. The second-order valence-corrected chi connectivity index (χ2v) is 4.55. The molecule has 5 nitrogen and oxygen atoms in total. The number of hydrogen-bond donors (Lipinski definition) is 1. The van der Waals surface area contributed by atoms with Gasteiger partial charge < -0.3 is 19.5 Å². The van der Waals surface area contributed by atoms with Crippen LogP contribution < -0.4 is 14.8 Å². The van der Waals surface area contributed by atoms with E-state index >= 15 is 0 Å². The fourth-order valence-corrected chi connectivity index (χ4v) is 1.71. The molecule has 0 aliphatic carbocycles. The number of halogens is 1. The quantitative estimate of drug-likeness (QED) is 0.643. The summed E-state index contributed by atoms with van der Waals surface area (Å²) in [4.78, 5) is 10.8. The predicted octanol–water partition coefficient (Wildman–Crippen LogP) is 2.05. The van der Waals surface area contributed by atoms with Gasteiger partial charge >= 0.3 is 5.97 Å². The number of carbonyl (C=O) groups is 1. The third kappa shape index (κ3) is 3.80. The fourth-order valence-electron chi connectivity index (χ4n) is 1.36. The van der Waals surface area contributed by atoms with E-state index in [1.54, 1.807) is 26.4 Å². The summed E-state index contributed by atoms with van der Waals surface area (Å²) < 4.78 is 14.9. The molecule has 0 aliphatic heterocycles. The van der Waals surface area contributed by atoms with Crippen LogP contribution in [0.1, 0.15) is 0 Å². The number of esters is 1. The number of carbonyl (C=O) groups excluding carboxylic acids is 1. The SMILES string of the molecule is COC(=O)C(Br)CNc1ccc(OC)c(OC)c1. The maximum atomic E-state index is 11.2. The highest BCUT2D eigenvalue weighted by Crippen LogP contribution is 2.29. The molecule has 0 fully saturated rings. The summed E-state index contributed by atoms with van der Waals surface area (Å²) in [5, 5.41) is 3.10. The number of anilines is 1. The summed E-state index contributed by atoms with van der Waals surface area (Å²) in [7, 11) is 4.51. The molecule has 18 heavy (non-hydrogen) atoms. The van der Waals surface area contributed by atoms with Crippen LogP contribution in [0.3, 0.4) is 0 Å². The number of alkyl halides is 1. The van der Waals surface area contributed by atoms with Crippen molar-refractivity contribution >= 4 is 27.6 Å². The van der Waals surface area contributed by atoms with Crippen LogP contribution in [0.2, 0.25) is 0 Å². The van der Waals surface area contributed by atoms with E-state index in [2.05, 4.69) is 26.0 Å². The average Bonchev–Trinajstić information content (AvgIpc) is 2.43. The molecular weight excluding hydrogens is 302 g/mol. The molecule has 0 radical (unpaired) electrons. The van der Waals surface area contributed by atoms with Crippen molar-refractivity contribution in [3.05, 3.63) is 18.2 Å². The van der Waals surface area contributed by atoms with Gasteiger partial charge in [-0.1, -0.05) is 15.9 Å². The largest absolute Gasteiger partial charge is 0.493 e. The number of ether oxygens (including phenoxy) is 3. The molecule has 0 saturated heterocycles. The molecule has 1 unspecified atom stereocenters. The van der Waals surface area contributed by atoms with Gasteiger partial charge in [0.15, 0.2) is 11.5 Å². The molecule has 0 spiro atoms. The Kier molecular flexibility index (Phi) is 5.77. The Balaban J connectivity index is 2.65. The van der Waals surface area contributed by atoms with E-state index in [1.807, 2.05) is 6.07 Å². The third-order valence-electron chi connectivity index (χ3n) is 2.33. The van der Waals surface area contributed by atoms with Gasteiger partial charge in [0, 0.05) is 18.3 Å². The van der Waals surface area contributed by atoms with Gasteiger partial charge in [-0.2, -0.15) is 0 Å². The molecule has 1 N–H and O–H groups in total. The third-order valence-corrected chi connectivity index (χ3v) is 3.02. The summed E-state index contributed by atoms with van der Waals surface area (Å²) >= 11 is 3.23. The summed E-state index contributed by atoms with van der Waals surface area (Å²) in [6.45, 7) is 0.419. The topological polar surface area (TPSA) is 56.8 Å². The Bertz CT molecular complexity index is 411. The lowest BCUT2D eigenvalue weighted by Gasteiger charge is -2.13. The zero-order valence-electron chi connectivity index (χ0n) is 10.5. The normalized spacial score (nSPS) is 11.6. The zero-order chi connectivity index (χ0) is 13.5. The molecule has 0 amide bonds. The number of benzene rings is 1. The molecule has 1 aromatic rings. The van der Waals surface area contributed by atoms with Gasteiger partial charge in [-0.25, -0.2) is 0 Å². The van der Waals surface area contributed by atoms with Crippen LogP contribution in [0.15, 0.2) is 18.2 Å². The molecule has 1 rings (SSSR count). The number of rotatable bonds is 6. The van der Waals surface area contributed by atoms with E-state index in [9.17, 15) is 4.79 Å². The van der Waals surface area contributed by atoms with Crippen molar-refractivity contribution in [1.29, 1.82) is 0 Å². The summed E-state index contributed by atoms with van der Waals surface area (Å²) in [6.07, 6.45) is 0. The van der Waals surface area contributed by atoms with Crippen LogP contribution in [-0.4, -0.2) is 38.7 Å². The van der Waals surface area contributed by atoms with Gasteiger partial charge in [0.25, 0.3) is 0 Å². The zero-order valence-corrected chi connectivity index (χ0v) is 12.1.